The molecule has 0 fully saturated rings. The van der Waals surface area contributed by atoms with Gasteiger partial charge in [0.25, 0.3) is 0 Å². The number of hydrogen-bond acceptors (Lipinski definition) is 3. The average Bonchev–Trinajstić information content (AvgIpc) is 2.03. The van der Waals surface area contributed by atoms with Crippen LogP contribution in [-0.2, 0) is 9.53 Å². The van der Waals surface area contributed by atoms with Crippen LogP contribution in [0, 0.1) is 0 Å². The minimum atomic E-state index is -0.292. The molecule has 12 heavy (non-hydrogen) atoms. The highest BCUT2D eigenvalue weighted by atomic mass is 16.5. The molecule has 1 aliphatic heterocycles. The van der Waals surface area contributed by atoms with Gasteiger partial charge in [-0.25, -0.2) is 0 Å². The van der Waals surface area contributed by atoms with E-state index in [9.17, 15) is 4.79 Å². The van der Waals surface area contributed by atoms with E-state index in [-0.39, 0.29) is 24.6 Å². The molecule has 1 rings (SSSR count). The van der Waals surface area contributed by atoms with Gasteiger partial charge in [0.1, 0.15) is 6.61 Å². The molecule has 0 saturated carbocycles. The molecule has 1 aliphatic rings. The number of hydrogen-bond donors (Lipinski definition) is 1. The van der Waals surface area contributed by atoms with Gasteiger partial charge in [-0.1, -0.05) is 6.08 Å². The van der Waals surface area contributed by atoms with Crippen molar-refractivity contribution in [2.75, 3.05) is 6.61 Å². The molecule has 1 heterocycles. The van der Waals surface area contributed by atoms with Crippen molar-refractivity contribution in [2.45, 2.75) is 32.0 Å². The average molecular weight is 170 g/mol. The lowest BCUT2D eigenvalue weighted by atomic mass is 10.1. The SMILES string of the molecule is CC(O)CCC1C=CC(=O)CO1. The standard InChI is InChI=1S/C9H14O3/c1-7(10)2-4-9-5-3-8(11)6-12-9/h3,5,7,9-10H,2,4,6H2,1H3. The summed E-state index contributed by atoms with van der Waals surface area (Å²) >= 11 is 0. The van der Waals surface area contributed by atoms with Crippen LogP contribution in [0.3, 0.4) is 0 Å². The second kappa shape index (κ2) is 4.38. The molecule has 2 unspecified atom stereocenters. The summed E-state index contributed by atoms with van der Waals surface area (Å²) in [4.78, 5) is 10.7. The van der Waals surface area contributed by atoms with E-state index < -0.39 is 0 Å². The zero-order valence-corrected chi connectivity index (χ0v) is 7.19. The van der Waals surface area contributed by atoms with Gasteiger partial charge in [-0.05, 0) is 25.8 Å². The van der Waals surface area contributed by atoms with Gasteiger partial charge in [-0.15, -0.1) is 0 Å². The Morgan fingerprint density at radius 2 is 2.58 bits per heavy atom. The first kappa shape index (κ1) is 9.42. The fraction of sp³-hybridized carbons (Fsp3) is 0.667. The Morgan fingerprint density at radius 3 is 3.08 bits per heavy atom. The highest BCUT2D eigenvalue weighted by Gasteiger charge is 2.13. The zero-order valence-electron chi connectivity index (χ0n) is 7.19. The molecule has 0 aliphatic carbocycles. The molecule has 0 spiro atoms. The second-order valence-corrected chi connectivity index (χ2v) is 3.10. The molecule has 3 nitrogen and oxygen atoms in total. The Hall–Kier alpha value is -0.670. The Kier molecular flexibility index (Phi) is 3.44. The van der Waals surface area contributed by atoms with Gasteiger partial charge in [0.05, 0.1) is 12.2 Å². The Bertz CT molecular complexity index is 184. The summed E-state index contributed by atoms with van der Waals surface area (Å²) in [6.45, 7) is 1.93. The van der Waals surface area contributed by atoms with Gasteiger partial charge in [0.2, 0.25) is 0 Å². The lowest BCUT2D eigenvalue weighted by Crippen LogP contribution is -2.21. The molecule has 0 aromatic carbocycles. The molecule has 0 amide bonds. The van der Waals surface area contributed by atoms with E-state index in [4.69, 9.17) is 9.84 Å². The molecule has 0 saturated heterocycles. The molecule has 2 atom stereocenters. The van der Waals surface area contributed by atoms with Crippen molar-refractivity contribution in [2.24, 2.45) is 0 Å². The number of ketones is 1. The van der Waals surface area contributed by atoms with Crippen LogP contribution < -0.4 is 0 Å². The van der Waals surface area contributed by atoms with Crippen LogP contribution in [0.1, 0.15) is 19.8 Å². The van der Waals surface area contributed by atoms with Crippen LogP contribution in [0.25, 0.3) is 0 Å². The lowest BCUT2D eigenvalue weighted by Gasteiger charge is -2.17. The predicted molar refractivity (Wildman–Crippen MR) is 44.8 cm³/mol. The normalized spacial score (nSPS) is 25.8. The van der Waals surface area contributed by atoms with E-state index in [1.54, 1.807) is 19.1 Å². The quantitative estimate of drug-likeness (QED) is 0.677. The Labute approximate surface area is 72.0 Å². The molecule has 68 valence electrons. The fourth-order valence-corrected chi connectivity index (χ4v) is 1.09. The lowest BCUT2D eigenvalue weighted by molar-refractivity contribution is -0.121. The Balaban J connectivity index is 2.26. The van der Waals surface area contributed by atoms with Crippen molar-refractivity contribution in [1.29, 1.82) is 0 Å². The minimum Gasteiger partial charge on any atom is -0.393 e. The van der Waals surface area contributed by atoms with Crippen molar-refractivity contribution in [3.8, 4) is 0 Å². The van der Waals surface area contributed by atoms with Crippen LogP contribution >= 0.6 is 0 Å². The van der Waals surface area contributed by atoms with Crippen LogP contribution in [0.4, 0.5) is 0 Å². The topological polar surface area (TPSA) is 46.5 Å². The van der Waals surface area contributed by atoms with Crippen molar-refractivity contribution in [3.63, 3.8) is 0 Å². The van der Waals surface area contributed by atoms with Gasteiger partial charge in [0.15, 0.2) is 5.78 Å². The van der Waals surface area contributed by atoms with Crippen molar-refractivity contribution < 1.29 is 14.6 Å². The minimum absolute atomic E-state index is 0.0114. The van der Waals surface area contributed by atoms with E-state index in [0.717, 1.165) is 6.42 Å². The van der Waals surface area contributed by atoms with Crippen LogP contribution in [0.5, 0.6) is 0 Å². The monoisotopic (exact) mass is 170 g/mol. The molecule has 0 radical (unpaired) electrons. The maximum absolute atomic E-state index is 10.7. The largest absolute Gasteiger partial charge is 0.393 e. The summed E-state index contributed by atoms with van der Waals surface area (Å²) in [7, 11) is 0. The number of carbonyl (C=O) groups is 1. The molecular formula is C9H14O3. The van der Waals surface area contributed by atoms with Crippen molar-refractivity contribution in [3.05, 3.63) is 12.2 Å². The number of ether oxygens (including phenoxy) is 1. The van der Waals surface area contributed by atoms with E-state index in [1.165, 1.54) is 0 Å². The summed E-state index contributed by atoms with van der Waals surface area (Å²) < 4.78 is 5.19. The summed E-state index contributed by atoms with van der Waals surface area (Å²) in [5.41, 5.74) is 0. The summed E-state index contributed by atoms with van der Waals surface area (Å²) in [6.07, 6.45) is 4.52. The smallest absolute Gasteiger partial charge is 0.181 e. The summed E-state index contributed by atoms with van der Waals surface area (Å²) in [5.74, 6) is 0.0169. The van der Waals surface area contributed by atoms with Gasteiger partial charge in [-0.3, -0.25) is 4.79 Å². The van der Waals surface area contributed by atoms with Crippen LogP contribution in [0.2, 0.25) is 0 Å². The predicted octanol–water partition coefficient (Wildman–Crippen LogP) is 0.671. The third kappa shape index (κ3) is 3.15. The summed E-state index contributed by atoms with van der Waals surface area (Å²) in [5, 5.41) is 8.99. The molecule has 1 N–H and O–H groups in total. The first-order chi connectivity index (χ1) is 5.68. The van der Waals surface area contributed by atoms with Gasteiger partial charge in [0, 0.05) is 0 Å². The number of carbonyl (C=O) groups excluding carboxylic acids is 1. The summed E-state index contributed by atoms with van der Waals surface area (Å²) in [6, 6.07) is 0. The number of aliphatic hydroxyl groups excluding tert-OH is 1. The van der Waals surface area contributed by atoms with E-state index in [2.05, 4.69) is 0 Å². The highest BCUT2D eigenvalue weighted by molar-refractivity contribution is 5.91. The maximum Gasteiger partial charge on any atom is 0.181 e. The van der Waals surface area contributed by atoms with E-state index in [1.807, 2.05) is 0 Å². The van der Waals surface area contributed by atoms with Gasteiger partial charge < -0.3 is 9.84 Å². The first-order valence-corrected chi connectivity index (χ1v) is 4.19. The van der Waals surface area contributed by atoms with Crippen LogP contribution in [0.15, 0.2) is 12.2 Å². The van der Waals surface area contributed by atoms with Crippen molar-refractivity contribution >= 4 is 5.78 Å². The van der Waals surface area contributed by atoms with E-state index in [0.29, 0.717) is 6.42 Å². The maximum atomic E-state index is 10.7. The molecule has 0 aromatic heterocycles. The third-order valence-electron chi connectivity index (χ3n) is 1.81. The number of rotatable bonds is 3. The van der Waals surface area contributed by atoms with E-state index >= 15 is 0 Å². The molecule has 0 bridgehead atoms. The number of aliphatic hydroxyl groups is 1. The fourth-order valence-electron chi connectivity index (χ4n) is 1.09. The molecule has 0 aromatic rings. The molecular weight excluding hydrogens is 156 g/mol. The zero-order chi connectivity index (χ0) is 8.97. The third-order valence-corrected chi connectivity index (χ3v) is 1.81. The highest BCUT2D eigenvalue weighted by Crippen LogP contribution is 2.10. The molecule has 3 heteroatoms. The van der Waals surface area contributed by atoms with Gasteiger partial charge >= 0.3 is 0 Å². The first-order valence-electron chi connectivity index (χ1n) is 4.19. The van der Waals surface area contributed by atoms with Crippen molar-refractivity contribution in [1.82, 2.24) is 0 Å². The Morgan fingerprint density at radius 1 is 1.83 bits per heavy atom. The second-order valence-electron chi connectivity index (χ2n) is 3.10. The van der Waals surface area contributed by atoms with Gasteiger partial charge in [-0.2, -0.15) is 0 Å². The van der Waals surface area contributed by atoms with Crippen LogP contribution in [-0.4, -0.2) is 29.7 Å².